The Morgan fingerprint density at radius 1 is 0.804 bits per heavy atom. The topological polar surface area (TPSA) is 95.7 Å². The zero-order valence-corrected chi connectivity index (χ0v) is 26.9. The number of rotatable bonds is 9. The molecule has 238 valence electrons. The summed E-state index contributed by atoms with van der Waals surface area (Å²) in [4.78, 5) is 26.3. The van der Waals surface area contributed by atoms with Crippen LogP contribution in [0.3, 0.4) is 0 Å². The average Bonchev–Trinajstić information content (AvgIpc) is 3.47. The minimum Gasteiger partial charge on any atom is -0.464 e. The van der Waals surface area contributed by atoms with Crippen LogP contribution in [-0.2, 0) is 4.74 Å². The van der Waals surface area contributed by atoms with Gasteiger partial charge in [-0.05, 0) is 61.7 Å². The Morgan fingerprint density at radius 3 is 2.35 bits per heavy atom. The molecule has 0 unspecified atom stereocenters. The minimum atomic E-state index is 0.0282. The van der Waals surface area contributed by atoms with Gasteiger partial charge in [-0.15, -0.1) is 0 Å². The summed E-state index contributed by atoms with van der Waals surface area (Å²) in [6.07, 6.45) is 5.69. The smallest absolute Gasteiger partial charge is 0.225 e. The number of nitrogens with zero attached hydrogens (tertiary/aromatic N) is 7. The molecule has 0 amide bonds. The Bertz CT molecular complexity index is 1780. The van der Waals surface area contributed by atoms with Crippen LogP contribution in [0.5, 0.6) is 0 Å². The first-order chi connectivity index (χ1) is 22.5. The molecule has 2 fully saturated rings. The highest BCUT2D eigenvalue weighted by Crippen LogP contribution is 2.29. The number of morpholine rings is 1. The van der Waals surface area contributed by atoms with Crippen molar-refractivity contribution in [1.29, 1.82) is 0 Å². The van der Waals surface area contributed by atoms with Gasteiger partial charge in [-0.2, -0.15) is 0 Å². The summed E-state index contributed by atoms with van der Waals surface area (Å²) in [7, 11) is 0. The van der Waals surface area contributed by atoms with Gasteiger partial charge in [0.2, 0.25) is 5.95 Å². The second-order valence-electron chi connectivity index (χ2n) is 12.4. The van der Waals surface area contributed by atoms with Crippen molar-refractivity contribution < 1.29 is 9.15 Å². The van der Waals surface area contributed by atoms with E-state index in [1.54, 1.807) is 6.26 Å². The third-order valence-corrected chi connectivity index (χ3v) is 9.11. The van der Waals surface area contributed by atoms with Crippen molar-refractivity contribution in [3.63, 3.8) is 0 Å². The standard InChI is InChI=1S/C36H42N8O2/c1-25-24-46-34-8-7-30(20-32(25)34)33-21-35(41-27(3)40-33)39-26(2)28-5-4-6-29(19-28)31-22-37-36(38-23-31)44-13-11-42(12-14-44)9-10-43-15-17-45-18-16-43/h4-8,19-24,26H,9-18H2,1-3H3,(H,39,40,41)/t26-/m0/s1. The van der Waals surface area contributed by atoms with E-state index < -0.39 is 0 Å². The maximum absolute atomic E-state index is 5.63. The van der Waals surface area contributed by atoms with Gasteiger partial charge in [0.1, 0.15) is 17.2 Å². The Hall–Kier alpha value is -4.38. The van der Waals surface area contributed by atoms with Crippen molar-refractivity contribution in [3.05, 3.63) is 84.1 Å². The molecular formula is C36H42N8O2. The zero-order valence-electron chi connectivity index (χ0n) is 26.9. The van der Waals surface area contributed by atoms with Crippen molar-refractivity contribution in [1.82, 2.24) is 29.7 Å². The number of furan rings is 1. The lowest BCUT2D eigenvalue weighted by Crippen LogP contribution is -2.49. The fourth-order valence-corrected chi connectivity index (χ4v) is 6.31. The number of ether oxygens (including phenoxy) is 1. The van der Waals surface area contributed by atoms with Gasteiger partial charge in [0.15, 0.2) is 0 Å². The van der Waals surface area contributed by atoms with Crippen LogP contribution in [0.2, 0.25) is 0 Å². The van der Waals surface area contributed by atoms with Gasteiger partial charge in [-0.1, -0.05) is 18.2 Å². The Kier molecular flexibility index (Phi) is 8.91. The fraction of sp³-hybridized carbons (Fsp3) is 0.389. The first-order valence-corrected chi connectivity index (χ1v) is 16.3. The van der Waals surface area contributed by atoms with Gasteiger partial charge in [-0.3, -0.25) is 9.80 Å². The van der Waals surface area contributed by atoms with Crippen LogP contribution in [-0.4, -0.2) is 95.3 Å². The molecule has 5 heterocycles. The van der Waals surface area contributed by atoms with Crippen LogP contribution in [0, 0.1) is 13.8 Å². The summed E-state index contributed by atoms with van der Waals surface area (Å²) in [6, 6.07) is 16.8. The molecule has 46 heavy (non-hydrogen) atoms. The maximum Gasteiger partial charge on any atom is 0.225 e. The monoisotopic (exact) mass is 618 g/mol. The van der Waals surface area contributed by atoms with E-state index in [9.17, 15) is 0 Å². The minimum absolute atomic E-state index is 0.0282. The lowest BCUT2D eigenvalue weighted by Gasteiger charge is -2.36. The van der Waals surface area contributed by atoms with Crippen LogP contribution in [0.25, 0.3) is 33.4 Å². The van der Waals surface area contributed by atoms with Gasteiger partial charge in [0.05, 0.1) is 25.2 Å². The van der Waals surface area contributed by atoms with E-state index in [4.69, 9.17) is 29.1 Å². The number of aryl methyl sites for hydroxylation is 2. The van der Waals surface area contributed by atoms with Gasteiger partial charge < -0.3 is 19.4 Å². The van der Waals surface area contributed by atoms with E-state index in [-0.39, 0.29) is 6.04 Å². The lowest BCUT2D eigenvalue weighted by molar-refractivity contribution is 0.0331. The SMILES string of the molecule is Cc1nc(N[C@@H](C)c2cccc(-c3cnc(N4CCN(CCN5CCOCC5)CC4)nc3)c2)cc(-c2ccc3occ(C)c3c2)n1. The predicted octanol–water partition coefficient (Wildman–Crippen LogP) is 5.59. The van der Waals surface area contributed by atoms with Gasteiger partial charge in [-0.25, -0.2) is 19.9 Å². The molecule has 0 bridgehead atoms. The Labute approximate surface area is 270 Å². The normalized spacial score (nSPS) is 17.0. The van der Waals surface area contributed by atoms with E-state index in [1.807, 2.05) is 37.5 Å². The molecule has 2 aromatic carbocycles. The van der Waals surface area contributed by atoms with Crippen molar-refractivity contribution in [3.8, 4) is 22.4 Å². The van der Waals surface area contributed by atoms with Crippen LogP contribution < -0.4 is 10.2 Å². The summed E-state index contributed by atoms with van der Waals surface area (Å²) >= 11 is 0. The van der Waals surface area contributed by atoms with E-state index >= 15 is 0 Å². The number of hydrogen-bond acceptors (Lipinski definition) is 10. The summed E-state index contributed by atoms with van der Waals surface area (Å²) in [6.45, 7) is 16.1. The third kappa shape index (κ3) is 6.89. The molecule has 2 aliphatic heterocycles. The number of benzene rings is 2. The van der Waals surface area contributed by atoms with Crippen molar-refractivity contribution >= 4 is 22.7 Å². The Balaban J connectivity index is 0.980. The largest absolute Gasteiger partial charge is 0.464 e. The van der Waals surface area contributed by atoms with Crippen LogP contribution in [0.1, 0.15) is 29.9 Å². The quantitative estimate of drug-likeness (QED) is 0.225. The lowest BCUT2D eigenvalue weighted by atomic mass is 10.0. The molecule has 0 spiro atoms. The van der Waals surface area contributed by atoms with Gasteiger partial charge >= 0.3 is 0 Å². The number of aromatic nitrogens is 4. The zero-order chi connectivity index (χ0) is 31.5. The third-order valence-electron chi connectivity index (χ3n) is 9.11. The van der Waals surface area contributed by atoms with Gasteiger partial charge in [0, 0.05) is 93.4 Å². The molecule has 3 aromatic heterocycles. The van der Waals surface area contributed by atoms with Crippen LogP contribution >= 0.6 is 0 Å². The predicted molar refractivity (Wildman–Crippen MR) is 182 cm³/mol. The van der Waals surface area contributed by atoms with Crippen LogP contribution in [0.15, 0.2) is 71.6 Å². The molecule has 1 N–H and O–H groups in total. The average molecular weight is 619 g/mol. The van der Waals surface area contributed by atoms with Gasteiger partial charge in [0.25, 0.3) is 0 Å². The molecule has 1 atom stereocenters. The molecule has 10 heteroatoms. The highest BCUT2D eigenvalue weighted by atomic mass is 16.5. The molecule has 2 aliphatic rings. The fourth-order valence-electron chi connectivity index (χ4n) is 6.31. The number of anilines is 2. The molecular weight excluding hydrogens is 576 g/mol. The second kappa shape index (κ2) is 13.5. The van der Waals surface area contributed by atoms with Crippen molar-refractivity contribution in [2.45, 2.75) is 26.8 Å². The van der Waals surface area contributed by atoms with Crippen molar-refractivity contribution in [2.75, 3.05) is 75.8 Å². The van der Waals surface area contributed by atoms with E-state index in [1.165, 1.54) is 0 Å². The Morgan fingerprint density at radius 2 is 1.57 bits per heavy atom. The highest BCUT2D eigenvalue weighted by molar-refractivity contribution is 5.85. The first-order valence-electron chi connectivity index (χ1n) is 16.3. The molecule has 10 nitrogen and oxygen atoms in total. The molecule has 0 radical (unpaired) electrons. The molecule has 7 rings (SSSR count). The van der Waals surface area contributed by atoms with E-state index in [0.29, 0.717) is 0 Å². The van der Waals surface area contributed by atoms with E-state index in [2.05, 4.69) is 64.2 Å². The number of piperazine rings is 1. The molecule has 5 aromatic rings. The maximum atomic E-state index is 5.63. The summed E-state index contributed by atoms with van der Waals surface area (Å²) in [5.74, 6) is 2.31. The van der Waals surface area contributed by atoms with Crippen LogP contribution in [0.4, 0.5) is 11.8 Å². The summed E-state index contributed by atoms with van der Waals surface area (Å²) in [5.41, 5.74) is 7.17. The molecule has 0 aliphatic carbocycles. The number of hydrogen-bond donors (Lipinski definition) is 1. The number of fused-ring (bicyclic) bond motifs is 1. The van der Waals surface area contributed by atoms with Crippen molar-refractivity contribution in [2.24, 2.45) is 0 Å². The molecule has 2 saturated heterocycles. The summed E-state index contributed by atoms with van der Waals surface area (Å²) in [5, 5.41) is 4.69. The number of nitrogens with one attached hydrogen (secondary N) is 1. The second-order valence-corrected chi connectivity index (χ2v) is 12.4. The van der Waals surface area contributed by atoms with E-state index in [0.717, 1.165) is 128 Å². The molecule has 0 saturated carbocycles. The highest BCUT2D eigenvalue weighted by Gasteiger charge is 2.20. The first kappa shape index (κ1) is 30.3. The summed E-state index contributed by atoms with van der Waals surface area (Å²) < 4.78 is 11.1.